The zero-order valence-corrected chi connectivity index (χ0v) is 22.2. The monoisotopic (exact) mass is 535 g/mol. The van der Waals surface area contributed by atoms with E-state index in [9.17, 15) is 18.3 Å². The van der Waals surface area contributed by atoms with Crippen molar-refractivity contribution in [3.63, 3.8) is 0 Å². The van der Waals surface area contributed by atoms with Gasteiger partial charge >= 0.3 is 0 Å². The molecule has 0 saturated carbocycles. The highest BCUT2D eigenvalue weighted by atomic mass is 32.2. The van der Waals surface area contributed by atoms with Gasteiger partial charge in [0.1, 0.15) is 12.4 Å². The molecule has 4 rings (SSSR count). The summed E-state index contributed by atoms with van der Waals surface area (Å²) >= 11 is 0. The lowest BCUT2D eigenvalue weighted by Gasteiger charge is -2.25. The van der Waals surface area contributed by atoms with Crippen LogP contribution in [0.1, 0.15) is 29.9 Å². The van der Waals surface area contributed by atoms with Crippen LogP contribution in [0.3, 0.4) is 0 Å². The summed E-state index contributed by atoms with van der Waals surface area (Å²) in [7, 11) is -2.94. The van der Waals surface area contributed by atoms with Crippen LogP contribution < -0.4 is 5.56 Å². The lowest BCUT2D eigenvalue weighted by molar-refractivity contribution is 0.114. The summed E-state index contributed by atoms with van der Waals surface area (Å²) in [6, 6.07) is 16.4. The smallest absolute Gasteiger partial charge is 0.296 e. The molecule has 2 aromatic heterocycles. The number of methoxy groups -OCH3 is 1. The minimum absolute atomic E-state index is 0.0840. The Hall–Kier alpha value is -3.86. The predicted octanol–water partition coefficient (Wildman–Crippen LogP) is 3.92. The first kappa shape index (κ1) is 27.2. The van der Waals surface area contributed by atoms with Gasteiger partial charge in [-0.2, -0.15) is 4.98 Å². The molecule has 0 saturated heterocycles. The first-order chi connectivity index (χ1) is 18.3. The van der Waals surface area contributed by atoms with Crippen LogP contribution in [0.2, 0.25) is 0 Å². The maximum atomic E-state index is 13.7. The van der Waals surface area contributed by atoms with Gasteiger partial charge < -0.3 is 14.6 Å². The molecule has 0 aliphatic carbocycles. The number of nitrogens with zero attached hydrogens (tertiary/aromatic N) is 3. The molecule has 4 aromatic rings. The van der Waals surface area contributed by atoms with Crippen molar-refractivity contribution >= 4 is 9.84 Å². The third-order valence-electron chi connectivity index (χ3n) is 6.15. The first-order valence-corrected chi connectivity index (χ1v) is 13.5. The Morgan fingerprint density at radius 3 is 2.39 bits per heavy atom. The largest absolute Gasteiger partial charge is 0.493 e. The van der Waals surface area contributed by atoms with Gasteiger partial charge in [0.15, 0.2) is 4.90 Å². The number of aryl methyl sites for hydroxylation is 1. The molecular weight excluding hydrogens is 506 g/mol. The minimum atomic E-state index is -4.44. The third kappa shape index (κ3) is 5.38. The molecule has 2 heterocycles. The molecule has 0 aliphatic heterocycles. The van der Waals surface area contributed by atoms with Gasteiger partial charge in [-0.1, -0.05) is 42.5 Å². The van der Waals surface area contributed by atoms with Gasteiger partial charge in [0, 0.05) is 26.1 Å². The molecule has 1 atom stereocenters. The van der Waals surface area contributed by atoms with Crippen molar-refractivity contribution in [3.05, 3.63) is 100 Å². The van der Waals surface area contributed by atoms with Gasteiger partial charge in [-0.05, 0) is 54.3 Å². The quantitative estimate of drug-likeness (QED) is 0.324. The fourth-order valence-corrected chi connectivity index (χ4v) is 5.63. The molecule has 9 nitrogen and oxygen atoms in total. The molecule has 0 amide bonds. The molecule has 2 aromatic carbocycles. The number of hydrogen-bond acceptors (Lipinski definition) is 8. The van der Waals surface area contributed by atoms with Crippen LogP contribution in [0.25, 0.3) is 11.1 Å². The van der Waals surface area contributed by atoms with Crippen molar-refractivity contribution in [2.45, 2.75) is 36.3 Å². The number of hydrogen-bond donors (Lipinski definition) is 1. The average molecular weight is 536 g/mol. The van der Waals surface area contributed by atoms with Gasteiger partial charge in [0.2, 0.25) is 15.7 Å². The number of rotatable bonds is 10. The summed E-state index contributed by atoms with van der Waals surface area (Å²) in [5.74, 6) is -0.637. The summed E-state index contributed by atoms with van der Waals surface area (Å²) in [6.07, 6.45) is 3.38. The highest BCUT2D eigenvalue weighted by molar-refractivity contribution is 7.91. The summed E-state index contributed by atoms with van der Waals surface area (Å²) < 4.78 is 39.6. The average Bonchev–Trinajstić information content (AvgIpc) is 2.91. The Bertz CT molecular complexity index is 1570. The molecular formula is C28H29N3O6S. The van der Waals surface area contributed by atoms with E-state index in [0.29, 0.717) is 6.61 Å². The third-order valence-corrected chi connectivity index (χ3v) is 7.94. The maximum Gasteiger partial charge on any atom is 0.296 e. The molecule has 0 bridgehead atoms. The second-order valence-corrected chi connectivity index (χ2v) is 10.5. The molecule has 0 radical (unpaired) electrons. The van der Waals surface area contributed by atoms with Crippen LogP contribution >= 0.6 is 0 Å². The fraction of sp³-hybridized carbons (Fsp3) is 0.250. The summed E-state index contributed by atoms with van der Waals surface area (Å²) in [4.78, 5) is 20.3. The zero-order chi connectivity index (χ0) is 27.3. The zero-order valence-electron chi connectivity index (χ0n) is 21.4. The van der Waals surface area contributed by atoms with Crippen molar-refractivity contribution in [3.8, 4) is 17.0 Å². The highest BCUT2D eigenvalue weighted by Gasteiger charge is 2.32. The van der Waals surface area contributed by atoms with E-state index in [0.717, 1.165) is 22.3 Å². The Kier molecular flexibility index (Phi) is 8.35. The number of aromatic nitrogens is 3. The van der Waals surface area contributed by atoms with E-state index < -0.39 is 32.2 Å². The standard InChI is InChI=1S/C28H29N3O6S/c1-4-37-18-25-30-27(32)26(28(33)31(25)24(17-36-3)21-8-6-5-7-9-21)38(34,35)22-12-10-20(11-13-22)23-14-15-29-16-19(23)2/h5-16,24,33H,4,17-18H2,1-3H3/t24-/m0/s1. The summed E-state index contributed by atoms with van der Waals surface area (Å²) in [5, 5.41) is 11.4. The van der Waals surface area contributed by atoms with Gasteiger partial charge in [-0.25, -0.2) is 8.42 Å². The van der Waals surface area contributed by atoms with E-state index in [4.69, 9.17) is 9.47 Å². The molecule has 1 N–H and O–H groups in total. The van der Waals surface area contributed by atoms with Crippen LogP contribution in [0, 0.1) is 6.92 Å². The second-order valence-electron chi connectivity index (χ2n) is 8.59. The number of ether oxygens (including phenoxy) is 2. The predicted molar refractivity (Wildman–Crippen MR) is 142 cm³/mol. The van der Waals surface area contributed by atoms with Crippen LogP contribution in [0.15, 0.2) is 87.6 Å². The van der Waals surface area contributed by atoms with Crippen LogP contribution in [0.5, 0.6) is 5.88 Å². The maximum absolute atomic E-state index is 13.7. The molecule has 0 aliphatic rings. The number of aromatic hydroxyl groups is 1. The molecule has 198 valence electrons. The Morgan fingerprint density at radius 1 is 1.05 bits per heavy atom. The SMILES string of the molecule is CCOCc1nc(=O)c(S(=O)(=O)c2ccc(-c3ccncc3C)cc2)c(O)n1[C@@H](COC)c1ccccc1. The van der Waals surface area contributed by atoms with Crippen LogP contribution in [-0.2, 0) is 25.9 Å². The van der Waals surface area contributed by atoms with Crippen molar-refractivity contribution < 1.29 is 23.0 Å². The van der Waals surface area contributed by atoms with Crippen molar-refractivity contribution in [2.24, 2.45) is 0 Å². The molecule has 0 unspecified atom stereocenters. The Morgan fingerprint density at radius 2 is 1.76 bits per heavy atom. The van der Waals surface area contributed by atoms with E-state index in [1.165, 1.54) is 23.8 Å². The van der Waals surface area contributed by atoms with E-state index in [1.807, 2.05) is 43.3 Å². The Labute approximate surface area is 221 Å². The number of benzene rings is 2. The molecule has 10 heteroatoms. The number of pyridine rings is 1. The lowest BCUT2D eigenvalue weighted by Crippen LogP contribution is -2.29. The second kappa shape index (κ2) is 11.7. The van der Waals surface area contributed by atoms with Gasteiger partial charge in [-0.15, -0.1) is 0 Å². The summed E-state index contributed by atoms with van der Waals surface area (Å²) in [6.45, 7) is 4.00. The van der Waals surface area contributed by atoms with Gasteiger partial charge in [-0.3, -0.25) is 14.3 Å². The molecule has 0 spiro atoms. The van der Waals surface area contributed by atoms with Crippen LogP contribution in [0.4, 0.5) is 0 Å². The lowest BCUT2D eigenvalue weighted by atomic mass is 10.0. The van der Waals surface area contributed by atoms with Crippen molar-refractivity contribution in [1.82, 2.24) is 14.5 Å². The van der Waals surface area contributed by atoms with Gasteiger partial charge in [0.25, 0.3) is 5.56 Å². The van der Waals surface area contributed by atoms with E-state index >= 15 is 0 Å². The minimum Gasteiger partial charge on any atom is -0.493 e. The number of sulfone groups is 1. The summed E-state index contributed by atoms with van der Waals surface area (Å²) in [5.41, 5.74) is 2.30. The topological polar surface area (TPSA) is 121 Å². The first-order valence-electron chi connectivity index (χ1n) is 12.0. The Balaban J connectivity index is 1.87. The normalized spacial score (nSPS) is 12.4. The van der Waals surface area contributed by atoms with E-state index in [2.05, 4.69) is 9.97 Å². The molecule has 0 fully saturated rings. The van der Waals surface area contributed by atoms with Crippen molar-refractivity contribution in [2.75, 3.05) is 20.3 Å². The van der Waals surface area contributed by atoms with Gasteiger partial charge in [0.05, 0.1) is 17.5 Å². The highest BCUT2D eigenvalue weighted by Crippen LogP contribution is 2.33. The molecule has 38 heavy (non-hydrogen) atoms. The van der Waals surface area contributed by atoms with E-state index in [-0.39, 0.29) is 23.9 Å². The van der Waals surface area contributed by atoms with Crippen molar-refractivity contribution in [1.29, 1.82) is 0 Å². The fourth-order valence-electron chi connectivity index (χ4n) is 4.29. The van der Waals surface area contributed by atoms with Crippen LogP contribution in [-0.4, -0.2) is 48.4 Å². The van der Waals surface area contributed by atoms with E-state index in [1.54, 1.807) is 31.5 Å².